The van der Waals surface area contributed by atoms with Crippen LogP contribution in [0.5, 0.6) is 0 Å². The number of aromatic nitrogens is 2. The number of fused-ring (bicyclic) bond motifs is 1. The lowest BCUT2D eigenvalue weighted by Crippen LogP contribution is -2.27. The van der Waals surface area contributed by atoms with Crippen LogP contribution in [0.15, 0.2) is 65.4 Å². The van der Waals surface area contributed by atoms with Gasteiger partial charge in [0.2, 0.25) is 11.3 Å². The van der Waals surface area contributed by atoms with E-state index in [-0.39, 0.29) is 17.1 Å². The van der Waals surface area contributed by atoms with Crippen molar-refractivity contribution in [2.45, 2.75) is 0 Å². The molecule has 0 aliphatic rings. The van der Waals surface area contributed by atoms with Crippen LogP contribution in [0.4, 0.5) is 0 Å². The van der Waals surface area contributed by atoms with E-state index in [1.807, 2.05) is 41.1 Å². The molecule has 8 heteroatoms. The molecule has 28 heavy (non-hydrogen) atoms. The lowest BCUT2D eigenvalue weighted by molar-refractivity contribution is -0.567. The van der Waals surface area contributed by atoms with Crippen LogP contribution in [0.25, 0.3) is 31.5 Å². The van der Waals surface area contributed by atoms with Crippen LogP contribution in [0.3, 0.4) is 0 Å². The summed E-state index contributed by atoms with van der Waals surface area (Å²) in [6.07, 6.45) is 0. The van der Waals surface area contributed by atoms with Gasteiger partial charge >= 0.3 is 5.82 Å². The zero-order valence-corrected chi connectivity index (χ0v) is 16.7. The minimum absolute atomic E-state index is 0.139. The molecule has 0 amide bonds. The summed E-state index contributed by atoms with van der Waals surface area (Å²) in [6, 6.07) is 16.1. The van der Waals surface area contributed by atoms with Gasteiger partial charge in [-0.1, -0.05) is 12.1 Å². The van der Waals surface area contributed by atoms with Crippen LogP contribution in [-0.2, 0) is 0 Å². The van der Waals surface area contributed by atoms with Crippen molar-refractivity contribution in [2.24, 2.45) is 0 Å². The summed E-state index contributed by atoms with van der Waals surface area (Å²) in [5.74, 6) is 0.00349. The third-order valence-electron chi connectivity index (χ3n) is 4.41. The average Bonchev–Trinajstić information content (AvgIpc) is 3.50. The summed E-state index contributed by atoms with van der Waals surface area (Å²) in [5, 5.41) is 27.4. The Morgan fingerprint density at radius 1 is 0.964 bits per heavy atom. The molecule has 0 saturated heterocycles. The highest BCUT2D eigenvalue weighted by Gasteiger charge is 2.26. The van der Waals surface area contributed by atoms with E-state index in [0.29, 0.717) is 25.6 Å². The van der Waals surface area contributed by atoms with Gasteiger partial charge in [0.25, 0.3) is 0 Å². The molecule has 0 fully saturated rings. The molecule has 5 rings (SSSR count). The van der Waals surface area contributed by atoms with Crippen molar-refractivity contribution in [3.05, 3.63) is 81.0 Å². The number of thiophene rings is 3. The number of ketones is 1. The van der Waals surface area contributed by atoms with Crippen LogP contribution in [0.2, 0.25) is 0 Å². The second-order valence-corrected chi connectivity index (χ2v) is 9.06. The lowest BCUT2D eigenvalue weighted by Gasteiger charge is -2.02. The first-order valence-electron chi connectivity index (χ1n) is 8.33. The minimum atomic E-state index is -0.139. The lowest BCUT2D eigenvalue weighted by atomic mass is 10.1. The number of nitrogens with zero attached hydrogens (tertiary/aromatic N) is 2. The molecule has 1 N–H and O–H groups in total. The van der Waals surface area contributed by atoms with Crippen molar-refractivity contribution in [2.75, 3.05) is 0 Å². The van der Waals surface area contributed by atoms with Gasteiger partial charge in [0, 0.05) is 21.4 Å². The molecule has 1 aromatic carbocycles. The fraction of sp³-hybridized carbons (Fsp3) is 0. The molecule has 0 bridgehead atoms. The van der Waals surface area contributed by atoms with Gasteiger partial charge in [-0.3, -0.25) is 4.79 Å². The van der Waals surface area contributed by atoms with E-state index in [1.54, 1.807) is 29.5 Å². The van der Waals surface area contributed by atoms with Crippen LogP contribution in [0.1, 0.15) is 15.2 Å². The predicted molar refractivity (Wildman–Crippen MR) is 112 cm³/mol. The van der Waals surface area contributed by atoms with Crippen molar-refractivity contribution in [1.29, 1.82) is 0 Å². The molecule has 0 aliphatic carbocycles. The summed E-state index contributed by atoms with van der Waals surface area (Å²) in [7, 11) is 0. The predicted octanol–water partition coefficient (Wildman–Crippen LogP) is 5.26. The standard InChI is InChI=1S/C20H12N2O3S3/c23-19(17-4-2-10-27-17)12-5-6-13-14(11-12)22(25)20(21(13)24)18-8-7-16(28-18)15-3-1-9-26-15/h1-11,24H. The second-order valence-electron chi connectivity index (χ2n) is 6.08. The van der Waals surface area contributed by atoms with Gasteiger partial charge in [-0.2, -0.15) is 0 Å². The largest absolute Gasteiger partial charge is 0.710 e. The van der Waals surface area contributed by atoms with Gasteiger partial charge in [-0.25, -0.2) is 4.73 Å². The molecule has 4 aromatic heterocycles. The highest BCUT2D eigenvalue weighted by atomic mass is 32.1. The number of hydrogen-bond donors (Lipinski definition) is 1. The Morgan fingerprint density at radius 2 is 1.75 bits per heavy atom. The fourth-order valence-corrected chi connectivity index (χ4v) is 5.62. The molecule has 5 nitrogen and oxygen atoms in total. The Labute approximate surface area is 171 Å². The normalized spacial score (nSPS) is 11.3. The SMILES string of the molecule is O=C(c1ccc2c(c1)[n+]([O-])c(-c1ccc(-c3cccs3)s1)n2O)c1cccs1. The first-order valence-corrected chi connectivity index (χ1v) is 10.9. The van der Waals surface area contributed by atoms with E-state index in [4.69, 9.17) is 0 Å². The first kappa shape index (κ1) is 17.2. The molecular formula is C20H12N2O3S3. The Hall–Kier alpha value is -2.94. The molecule has 4 heterocycles. The van der Waals surface area contributed by atoms with E-state index in [9.17, 15) is 15.2 Å². The topological polar surface area (TPSA) is 69.2 Å². The van der Waals surface area contributed by atoms with Crippen molar-refractivity contribution >= 4 is 50.8 Å². The number of carbonyl (C=O) groups excluding carboxylic acids is 1. The summed E-state index contributed by atoms with van der Waals surface area (Å²) in [5.41, 5.74) is 1.03. The van der Waals surface area contributed by atoms with E-state index in [0.717, 1.165) is 14.5 Å². The average molecular weight is 425 g/mol. The monoisotopic (exact) mass is 424 g/mol. The van der Waals surface area contributed by atoms with Gasteiger partial charge in [0.05, 0.1) is 4.88 Å². The summed E-state index contributed by atoms with van der Waals surface area (Å²) >= 11 is 4.42. The smallest absolute Gasteiger partial charge is 0.342 e. The molecule has 5 aromatic rings. The Kier molecular flexibility index (Phi) is 4.04. The number of hydrogen-bond acceptors (Lipinski definition) is 6. The van der Waals surface area contributed by atoms with Crippen molar-refractivity contribution in [1.82, 2.24) is 4.73 Å². The Bertz CT molecular complexity index is 1300. The number of imidazole rings is 1. The molecule has 0 atom stereocenters. The van der Waals surface area contributed by atoms with Crippen LogP contribution >= 0.6 is 34.0 Å². The molecule has 0 saturated carbocycles. The van der Waals surface area contributed by atoms with Crippen molar-refractivity contribution in [3.63, 3.8) is 0 Å². The highest BCUT2D eigenvalue weighted by molar-refractivity contribution is 7.23. The zero-order valence-electron chi connectivity index (χ0n) is 14.2. The summed E-state index contributed by atoms with van der Waals surface area (Å²) in [4.78, 5) is 16.0. The van der Waals surface area contributed by atoms with E-state index in [1.165, 1.54) is 28.7 Å². The molecule has 0 radical (unpaired) electrons. The van der Waals surface area contributed by atoms with Gasteiger partial charge < -0.3 is 10.4 Å². The maximum absolute atomic E-state index is 12.9. The molecule has 0 unspecified atom stereocenters. The quantitative estimate of drug-likeness (QED) is 0.185. The van der Waals surface area contributed by atoms with E-state index < -0.39 is 0 Å². The third-order valence-corrected chi connectivity index (χ3v) is 7.43. The molecule has 138 valence electrons. The van der Waals surface area contributed by atoms with E-state index >= 15 is 0 Å². The molecular weight excluding hydrogens is 412 g/mol. The van der Waals surface area contributed by atoms with Crippen molar-refractivity contribution in [3.8, 4) is 20.5 Å². The highest BCUT2D eigenvalue weighted by Crippen LogP contribution is 2.36. The summed E-state index contributed by atoms with van der Waals surface area (Å²) < 4.78 is 1.58. The number of rotatable bonds is 4. The Balaban J connectivity index is 1.62. The van der Waals surface area contributed by atoms with Gasteiger partial charge in [-0.05, 0) is 51.9 Å². The first-order chi connectivity index (χ1) is 13.6. The van der Waals surface area contributed by atoms with Crippen molar-refractivity contribution < 1.29 is 14.7 Å². The minimum Gasteiger partial charge on any atom is -0.710 e. The number of benzene rings is 1. The van der Waals surface area contributed by atoms with Crippen LogP contribution in [0, 0.1) is 5.21 Å². The third kappa shape index (κ3) is 2.65. The maximum atomic E-state index is 12.9. The van der Waals surface area contributed by atoms with Crippen LogP contribution < -0.4 is 4.73 Å². The second kappa shape index (κ2) is 6.59. The molecule has 0 spiro atoms. The van der Waals surface area contributed by atoms with E-state index in [2.05, 4.69) is 0 Å². The summed E-state index contributed by atoms with van der Waals surface area (Å²) in [6.45, 7) is 0. The van der Waals surface area contributed by atoms with Gasteiger partial charge in [-0.15, -0.1) is 34.0 Å². The zero-order chi connectivity index (χ0) is 19.3. The van der Waals surface area contributed by atoms with Gasteiger partial charge in [0.15, 0.2) is 5.52 Å². The maximum Gasteiger partial charge on any atom is 0.342 e. The molecule has 0 aliphatic heterocycles. The van der Waals surface area contributed by atoms with Gasteiger partial charge in [0.1, 0.15) is 4.88 Å². The number of carbonyl (C=O) groups is 1. The van der Waals surface area contributed by atoms with Crippen LogP contribution in [-0.4, -0.2) is 15.7 Å². The Morgan fingerprint density at radius 3 is 2.50 bits per heavy atom. The fourth-order valence-electron chi connectivity index (χ4n) is 3.08.